The summed E-state index contributed by atoms with van der Waals surface area (Å²) in [7, 11) is 0. The lowest BCUT2D eigenvalue weighted by Gasteiger charge is -2.13. The molecule has 0 saturated carbocycles. The first-order chi connectivity index (χ1) is 19.4. The van der Waals surface area contributed by atoms with Gasteiger partial charge in [-0.1, -0.05) is 126 Å². The van der Waals surface area contributed by atoms with E-state index in [1.54, 1.807) is 0 Å². The van der Waals surface area contributed by atoms with Gasteiger partial charge in [-0.3, -0.25) is 0 Å². The van der Waals surface area contributed by atoms with Crippen molar-refractivity contribution in [3.8, 4) is 55.9 Å². The number of hydrogen-bond donors (Lipinski definition) is 0. The Morgan fingerprint density at radius 3 is 1.60 bits per heavy atom. The first-order valence-electron chi connectivity index (χ1n) is 13.9. The van der Waals surface area contributed by atoms with E-state index in [0.717, 1.165) is 28.1 Å². The maximum Gasteiger partial charge on any atom is 0.0715 e. The molecule has 6 rings (SSSR count). The highest BCUT2D eigenvalue weighted by Gasteiger charge is 2.11. The fraction of sp³-hybridized carbons (Fsp3) is 0.103. The van der Waals surface area contributed by atoms with E-state index in [0.29, 0.717) is 0 Å². The molecule has 0 spiro atoms. The number of aryl methyl sites for hydroxylation is 4. The molecule has 0 atom stereocenters. The molecule has 6 aromatic rings. The quantitative estimate of drug-likeness (QED) is 0.222. The van der Waals surface area contributed by atoms with Crippen LogP contribution in [0.3, 0.4) is 0 Å². The zero-order valence-corrected chi connectivity index (χ0v) is 23.6. The van der Waals surface area contributed by atoms with Crippen LogP contribution in [-0.4, -0.2) is 4.98 Å². The van der Waals surface area contributed by atoms with Crippen molar-refractivity contribution in [3.63, 3.8) is 0 Å². The average molecular weight is 516 g/mol. The third-order valence-corrected chi connectivity index (χ3v) is 7.53. The van der Waals surface area contributed by atoms with Crippen LogP contribution in [0.15, 0.2) is 127 Å². The molecule has 1 nitrogen and oxygen atoms in total. The second-order valence-corrected chi connectivity index (χ2v) is 10.8. The second-order valence-electron chi connectivity index (χ2n) is 10.8. The molecule has 1 heteroatoms. The number of aromatic nitrogens is 1. The molecule has 40 heavy (non-hydrogen) atoms. The lowest BCUT2D eigenvalue weighted by atomic mass is 9.94. The van der Waals surface area contributed by atoms with Crippen LogP contribution in [0.1, 0.15) is 22.3 Å². The first kappa shape index (κ1) is 25.5. The van der Waals surface area contributed by atoms with Crippen LogP contribution >= 0.6 is 0 Å². The van der Waals surface area contributed by atoms with Gasteiger partial charge in [0.25, 0.3) is 0 Å². The van der Waals surface area contributed by atoms with E-state index in [1.807, 2.05) is 6.07 Å². The van der Waals surface area contributed by atoms with Crippen LogP contribution in [0.2, 0.25) is 0 Å². The van der Waals surface area contributed by atoms with Gasteiger partial charge in [0.05, 0.1) is 11.4 Å². The summed E-state index contributed by atoms with van der Waals surface area (Å²) >= 11 is 0. The number of pyridine rings is 1. The molecule has 0 aliphatic heterocycles. The maximum atomic E-state index is 5.16. The number of hydrogen-bond acceptors (Lipinski definition) is 1. The van der Waals surface area contributed by atoms with E-state index in [-0.39, 0.29) is 0 Å². The lowest BCUT2D eigenvalue weighted by Crippen LogP contribution is -1.92. The Morgan fingerprint density at radius 2 is 0.925 bits per heavy atom. The van der Waals surface area contributed by atoms with Crippen molar-refractivity contribution in [3.05, 3.63) is 150 Å². The molecular formula is C39H33N. The van der Waals surface area contributed by atoms with Gasteiger partial charge in [-0.25, -0.2) is 4.98 Å². The Morgan fingerprint density at radius 1 is 0.350 bits per heavy atom. The molecule has 0 saturated heterocycles. The number of nitrogens with zero attached hydrogens (tertiary/aromatic N) is 1. The largest absolute Gasteiger partial charge is 0.248 e. The van der Waals surface area contributed by atoms with E-state index in [9.17, 15) is 0 Å². The Bertz CT molecular complexity index is 1790. The van der Waals surface area contributed by atoms with Crippen LogP contribution in [0.25, 0.3) is 55.9 Å². The molecule has 1 heterocycles. The van der Waals surface area contributed by atoms with Crippen LogP contribution < -0.4 is 0 Å². The molecule has 0 unspecified atom stereocenters. The van der Waals surface area contributed by atoms with E-state index >= 15 is 0 Å². The fourth-order valence-corrected chi connectivity index (χ4v) is 5.49. The zero-order chi connectivity index (χ0) is 27.6. The average Bonchev–Trinajstić information content (AvgIpc) is 2.98. The molecule has 194 valence electrons. The van der Waals surface area contributed by atoms with Gasteiger partial charge in [-0.2, -0.15) is 0 Å². The molecule has 0 bridgehead atoms. The summed E-state index contributed by atoms with van der Waals surface area (Å²) in [6, 6.07) is 45.9. The highest BCUT2D eigenvalue weighted by molar-refractivity contribution is 5.80. The van der Waals surface area contributed by atoms with Gasteiger partial charge in [0.2, 0.25) is 0 Å². The minimum atomic E-state index is 0.974. The molecule has 1 aromatic heterocycles. The highest BCUT2D eigenvalue weighted by atomic mass is 14.7. The number of rotatable bonds is 5. The fourth-order valence-electron chi connectivity index (χ4n) is 5.49. The SMILES string of the molecule is Cc1cc(C)cc(-c2ccc(-c3cc(-c4ccccc4)nc(-c4cccc(-c5cc(C)ccc5C)c4)c3)cc2)c1. The Balaban J connectivity index is 1.45. The summed E-state index contributed by atoms with van der Waals surface area (Å²) in [4.78, 5) is 5.16. The van der Waals surface area contributed by atoms with E-state index in [4.69, 9.17) is 4.98 Å². The van der Waals surface area contributed by atoms with E-state index < -0.39 is 0 Å². The van der Waals surface area contributed by atoms with Gasteiger partial charge in [0.1, 0.15) is 0 Å². The van der Waals surface area contributed by atoms with Crippen molar-refractivity contribution in [1.82, 2.24) is 4.98 Å². The van der Waals surface area contributed by atoms with Gasteiger partial charge in [0, 0.05) is 11.1 Å². The molecular weight excluding hydrogens is 482 g/mol. The van der Waals surface area contributed by atoms with Gasteiger partial charge >= 0.3 is 0 Å². The maximum absolute atomic E-state index is 5.16. The smallest absolute Gasteiger partial charge is 0.0715 e. The van der Waals surface area contributed by atoms with Crippen molar-refractivity contribution in [2.45, 2.75) is 27.7 Å². The van der Waals surface area contributed by atoms with Gasteiger partial charge in [-0.05, 0) is 84.8 Å². The Kier molecular flexibility index (Phi) is 6.88. The summed E-state index contributed by atoms with van der Waals surface area (Å²) < 4.78 is 0. The topological polar surface area (TPSA) is 12.9 Å². The van der Waals surface area contributed by atoms with Gasteiger partial charge < -0.3 is 0 Å². The van der Waals surface area contributed by atoms with Crippen LogP contribution in [0.5, 0.6) is 0 Å². The third-order valence-electron chi connectivity index (χ3n) is 7.53. The predicted molar refractivity (Wildman–Crippen MR) is 170 cm³/mol. The van der Waals surface area contributed by atoms with Crippen molar-refractivity contribution in [2.24, 2.45) is 0 Å². The molecule has 0 aliphatic carbocycles. The summed E-state index contributed by atoms with van der Waals surface area (Å²) in [5.41, 5.74) is 16.6. The van der Waals surface area contributed by atoms with Crippen molar-refractivity contribution in [1.29, 1.82) is 0 Å². The predicted octanol–water partition coefficient (Wildman–Crippen LogP) is 10.7. The van der Waals surface area contributed by atoms with Crippen LogP contribution in [0, 0.1) is 27.7 Å². The Labute approximate surface area is 237 Å². The third kappa shape index (κ3) is 5.37. The minimum absolute atomic E-state index is 0.974. The standard InChI is InChI=1S/C39H33N/c1-26-13-14-29(4)37(22-26)33-11-8-12-34(23-33)39-25-36(24-38(40-39)32-9-6-5-7-10-32)31-17-15-30(16-18-31)35-20-27(2)19-28(3)21-35/h5-25H,1-4H3. The summed E-state index contributed by atoms with van der Waals surface area (Å²) in [5.74, 6) is 0. The highest BCUT2D eigenvalue weighted by Crippen LogP contribution is 2.34. The molecule has 0 radical (unpaired) electrons. The monoisotopic (exact) mass is 515 g/mol. The summed E-state index contributed by atoms with van der Waals surface area (Å²) in [5, 5.41) is 0. The van der Waals surface area contributed by atoms with E-state index in [2.05, 4.69) is 149 Å². The minimum Gasteiger partial charge on any atom is -0.248 e. The van der Waals surface area contributed by atoms with Crippen molar-refractivity contribution < 1.29 is 0 Å². The summed E-state index contributed by atoms with van der Waals surface area (Å²) in [6.07, 6.45) is 0. The zero-order valence-electron chi connectivity index (χ0n) is 23.6. The van der Waals surface area contributed by atoms with E-state index in [1.165, 1.54) is 50.1 Å². The molecule has 5 aromatic carbocycles. The van der Waals surface area contributed by atoms with Crippen LogP contribution in [-0.2, 0) is 0 Å². The van der Waals surface area contributed by atoms with Gasteiger partial charge in [-0.15, -0.1) is 0 Å². The second kappa shape index (κ2) is 10.8. The molecule has 0 N–H and O–H groups in total. The van der Waals surface area contributed by atoms with Crippen LogP contribution in [0.4, 0.5) is 0 Å². The van der Waals surface area contributed by atoms with Gasteiger partial charge in [0.15, 0.2) is 0 Å². The normalized spacial score (nSPS) is 11.0. The number of benzene rings is 5. The molecule has 0 fully saturated rings. The van der Waals surface area contributed by atoms with Crippen molar-refractivity contribution >= 4 is 0 Å². The van der Waals surface area contributed by atoms with Crippen molar-refractivity contribution in [2.75, 3.05) is 0 Å². The lowest BCUT2D eigenvalue weighted by molar-refractivity contribution is 1.32. The molecule has 0 aliphatic rings. The molecule has 0 amide bonds. The first-order valence-corrected chi connectivity index (χ1v) is 13.9. The Hall–Kier alpha value is -4.75. The summed E-state index contributed by atoms with van der Waals surface area (Å²) in [6.45, 7) is 8.64.